The zero-order valence-electron chi connectivity index (χ0n) is 23.2. The van der Waals surface area contributed by atoms with E-state index in [-0.39, 0.29) is 0 Å². The summed E-state index contributed by atoms with van der Waals surface area (Å²) in [5.41, 5.74) is 8.53. The number of para-hydroxylation sites is 5. The van der Waals surface area contributed by atoms with Crippen molar-refractivity contribution in [2.75, 3.05) is 4.90 Å². The van der Waals surface area contributed by atoms with Gasteiger partial charge in [-0.1, -0.05) is 129 Å². The molecule has 5 aromatic carbocycles. The van der Waals surface area contributed by atoms with E-state index in [1.807, 2.05) is 0 Å². The van der Waals surface area contributed by atoms with E-state index in [9.17, 15) is 0 Å². The van der Waals surface area contributed by atoms with Gasteiger partial charge in [-0.05, 0) is 53.9 Å². The molecule has 1 aromatic heterocycles. The minimum absolute atomic E-state index is 1.04. The Kier molecular flexibility index (Phi) is 7.77. The highest BCUT2D eigenvalue weighted by Gasteiger charge is 2.15. The van der Waals surface area contributed by atoms with Crippen LogP contribution in [0.15, 0.2) is 127 Å². The number of anilines is 3. The molecule has 0 saturated heterocycles. The van der Waals surface area contributed by atoms with Crippen LogP contribution in [0.2, 0.25) is 0 Å². The number of rotatable bonds is 10. The molecule has 6 aromatic rings. The molecule has 0 bridgehead atoms. The minimum Gasteiger partial charge on any atom is -0.340 e. The molecule has 0 aliphatic carbocycles. The smallest absolute Gasteiger partial charge is 0.0564 e. The third-order valence-electron chi connectivity index (χ3n) is 7.71. The summed E-state index contributed by atoms with van der Waals surface area (Å²) in [6, 6.07) is 45.5. The third-order valence-corrected chi connectivity index (χ3v) is 7.71. The van der Waals surface area contributed by atoms with Crippen LogP contribution < -0.4 is 4.90 Å². The zero-order chi connectivity index (χ0) is 27.1. The van der Waals surface area contributed by atoms with E-state index in [2.05, 4.69) is 156 Å². The maximum atomic E-state index is 2.55. The van der Waals surface area contributed by atoms with Gasteiger partial charge >= 0.3 is 0 Å². The number of benzene rings is 5. The van der Waals surface area contributed by atoms with Crippen LogP contribution in [-0.4, -0.2) is 4.57 Å². The van der Waals surface area contributed by atoms with Crippen LogP contribution in [0.5, 0.6) is 0 Å². The number of nitrogens with zero attached hydrogens (tertiary/aromatic N) is 2. The second kappa shape index (κ2) is 12.1. The standard InChI is InChI=1S/C38H36N2/c1-2-3-4-15-29-39-37-26-14-12-23-34(37)35-24-16-18-31(38(35)39)28-27-30-17-11-13-25-36(30)40(32-19-7-5-8-20-32)33-21-9-6-10-22-33/h5-14,16-28H,2-4,15,29H2,1H3. The first-order valence-corrected chi connectivity index (χ1v) is 14.5. The maximum absolute atomic E-state index is 2.55. The van der Waals surface area contributed by atoms with Crippen molar-refractivity contribution in [3.8, 4) is 0 Å². The van der Waals surface area contributed by atoms with Gasteiger partial charge in [-0.2, -0.15) is 0 Å². The van der Waals surface area contributed by atoms with E-state index in [4.69, 9.17) is 0 Å². The summed E-state index contributed by atoms with van der Waals surface area (Å²) < 4.78 is 2.55. The summed E-state index contributed by atoms with van der Waals surface area (Å²) in [6.07, 6.45) is 9.60. The van der Waals surface area contributed by atoms with Gasteiger partial charge in [0.05, 0.1) is 11.2 Å². The molecule has 0 saturated carbocycles. The Morgan fingerprint density at radius 3 is 1.90 bits per heavy atom. The van der Waals surface area contributed by atoms with E-state index >= 15 is 0 Å². The summed E-state index contributed by atoms with van der Waals surface area (Å²) in [4.78, 5) is 2.34. The van der Waals surface area contributed by atoms with Crippen molar-refractivity contribution < 1.29 is 0 Å². The Balaban J connectivity index is 1.45. The monoisotopic (exact) mass is 520 g/mol. The summed E-state index contributed by atoms with van der Waals surface area (Å²) in [5, 5.41) is 2.67. The highest BCUT2D eigenvalue weighted by Crippen LogP contribution is 2.38. The van der Waals surface area contributed by atoms with Crippen LogP contribution in [0.25, 0.3) is 34.0 Å². The molecule has 0 N–H and O–H groups in total. The van der Waals surface area contributed by atoms with Crippen molar-refractivity contribution in [2.45, 2.75) is 39.2 Å². The van der Waals surface area contributed by atoms with Crippen LogP contribution in [0.1, 0.15) is 43.7 Å². The highest BCUT2D eigenvalue weighted by atomic mass is 15.1. The first kappa shape index (κ1) is 25.7. The molecular formula is C38H36N2. The molecular weight excluding hydrogens is 484 g/mol. The fourth-order valence-corrected chi connectivity index (χ4v) is 5.79. The lowest BCUT2D eigenvalue weighted by molar-refractivity contribution is 0.602. The van der Waals surface area contributed by atoms with Gasteiger partial charge in [-0.15, -0.1) is 0 Å². The Bertz CT molecular complexity index is 1690. The van der Waals surface area contributed by atoms with E-state index in [1.54, 1.807) is 0 Å². The Hall–Kier alpha value is -4.56. The van der Waals surface area contributed by atoms with Gasteiger partial charge in [0.15, 0.2) is 0 Å². The van der Waals surface area contributed by atoms with Crippen molar-refractivity contribution in [1.29, 1.82) is 0 Å². The SMILES string of the molecule is CCCCCCn1c2ccccc2c2cccc(C=Cc3ccccc3N(c3ccccc3)c3ccccc3)c21. The lowest BCUT2D eigenvalue weighted by Gasteiger charge is -2.27. The van der Waals surface area contributed by atoms with Crippen molar-refractivity contribution >= 4 is 51.0 Å². The largest absolute Gasteiger partial charge is 0.340 e. The first-order chi connectivity index (χ1) is 19.8. The molecule has 0 radical (unpaired) electrons. The van der Waals surface area contributed by atoms with Crippen molar-refractivity contribution in [3.63, 3.8) is 0 Å². The number of fused-ring (bicyclic) bond motifs is 3. The summed E-state index contributed by atoms with van der Waals surface area (Å²) in [7, 11) is 0. The van der Waals surface area contributed by atoms with Crippen LogP contribution in [0.3, 0.4) is 0 Å². The van der Waals surface area contributed by atoms with E-state index < -0.39 is 0 Å². The third kappa shape index (κ3) is 5.18. The van der Waals surface area contributed by atoms with Crippen LogP contribution in [-0.2, 0) is 6.54 Å². The number of unbranched alkanes of at least 4 members (excludes halogenated alkanes) is 3. The average molecular weight is 521 g/mol. The molecule has 198 valence electrons. The number of hydrogen-bond acceptors (Lipinski definition) is 1. The summed E-state index contributed by atoms with van der Waals surface area (Å²) >= 11 is 0. The molecule has 6 rings (SSSR count). The molecule has 0 atom stereocenters. The van der Waals surface area contributed by atoms with Crippen molar-refractivity contribution in [2.24, 2.45) is 0 Å². The van der Waals surface area contributed by atoms with E-state index in [1.165, 1.54) is 58.6 Å². The second-order valence-corrected chi connectivity index (χ2v) is 10.4. The topological polar surface area (TPSA) is 8.17 Å². The van der Waals surface area contributed by atoms with Gasteiger partial charge in [-0.3, -0.25) is 0 Å². The maximum Gasteiger partial charge on any atom is 0.0564 e. The van der Waals surface area contributed by atoms with Gasteiger partial charge in [0.2, 0.25) is 0 Å². The molecule has 1 heterocycles. The average Bonchev–Trinajstić information content (AvgIpc) is 3.34. The number of aromatic nitrogens is 1. The van der Waals surface area contributed by atoms with Gasteiger partial charge in [0.1, 0.15) is 0 Å². The molecule has 0 amide bonds. The fraction of sp³-hybridized carbons (Fsp3) is 0.158. The minimum atomic E-state index is 1.04. The van der Waals surface area contributed by atoms with Gasteiger partial charge < -0.3 is 9.47 Å². The summed E-state index contributed by atoms with van der Waals surface area (Å²) in [5.74, 6) is 0. The fourth-order valence-electron chi connectivity index (χ4n) is 5.79. The number of aryl methyl sites for hydroxylation is 1. The molecule has 2 heteroatoms. The summed E-state index contributed by atoms with van der Waals surface area (Å²) in [6.45, 7) is 3.32. The highest BCUT2D eigenvalue weighted by molar-refractivity contribution is 6.11. The number of hydrogen-bond donors (Lipinski definition) is 0. The predicted molar refractivity (Wildman–Crippen MR) is 174 cm³/mol. The van der Waals surface area contributed by atoms with Crippen molar-refractivity contribution in [1.82, 2.24) is 4.57 Å². The first-order valence-electron chi connectivity index (χ1n) is 14.5. The lowest BCUT2D eigenvalue weighted by Crippen LogP contribution is -2.10. The van der Waals surface area contributed by atoms with E-state index in [0.29, 0.717) is 0 Å². The molecule has 40 heavy (non-hydrogen) atoms. The van der Waals surface area contributed by atoms with Crippen LogP contribution in [0.4, 0.5) is 17.1 Å². The van der Waals surface area contributed by atoms with Crippen molar-refractivity contribution in [3.05, 3.63) is 139 Å². The Morgan fingerprint density at radius 1 is 0.550 bits per heavy atom. The van der Waals surface area contributed by atoms with Gasteiger partial charge in [-0.25, -0.2) is 0 Å². The molecule has 0 spiro atoms. The van der Waals surface area contributed by atoms with Crippen LogP contribution >= 0.6 is 0 Å². The Morgan fingerprint density at radius 2 is 1.15 bits per heavy atom. The molecule has 0 unspecified atom stereocenters. The van der Waals surface area contributed by atoms with Gasteiger partial charge in [0.25, 0.3) is 0 Å². The lowest BCUT2D eigenvalue weighted by atomic mass is 10.1. The predicted octanol–water partition coefficient (Wildman–Crippen LogP) is 11.0. The second-order valence-electron chi connectivity index (χ2n) is 10.4. The molecule has 0 aliphatic rings. The normalized spacial score (nSPS) is 11.5. The van der Waals surface area contributed by atoms with E-state index in [0.717, 1.165) is 23.6 Å². The quantitative estimate of drug-likeness (QED) is 0.129. The Labute approximate surface area is 237 Å². The molecule has 0 fully saturated rings. The van der Waals surface area contributed by atoms with Crippen LogP contribution in [0, 0.1) is 0 Å². The zero-order valence-corrected chi connectivity index (χ0v) is 23.2. The van der Waals surface area contributed by atoms with Gasteiger partial charge in [0, 0.05) is 34.2 Å². The molecule has 0 aliphatic heterocycles. The molecule has 2 nitrogen and oxygen atoms in total.